The normalized spacial score (nSPS) is 10.6. The molecule has 0 unspecified atom stereocenters. The van der Waals surface area contributed by atoms with Gasteiger partial charge in [-0.15, -0.1) is 11.3 Å². The molecule has 0 aliphatic carbocycles. The lowest BCUT2D eigenvalue weighted by Gasteiger charge is -2.04. The van der Waals surface area contributed by atoms with Gasteiger partial charge in [-0.25, -0.2) is 4.98 Å². The fourth-order valence-electron chi connectivity index (χ4n) is 1.94. The number of aromatic nitrogens is 1. The summed E-state index contributed by atoms with van der Waals surface area (Å²) in [4.78, 5) is 16.3. The minimum absolute atomic E-state index is 0.0454. The van der Waals surface area contributed by atoms with E-state index in [0.717, 1.165) is 21.8 Å². The van der Waals surface area contributed by atoms with Gasteiger partial charge in [0, 0.05) is 31.1 Å². The van der Waals surface area contributed by atoms with Crippen LogP contribution in [0.3, 0.4) is 0 Å². The largest absolute Gasteiger partial charge is 0.383 e. The molecule has 112 valence electrons. The molecule has 21 heavy (non-hydrogen) atoms. The predicted molar refractivity (Wildman–Crippen MR) is 84.0 cm³/mol. The van der Waals surface area contributed by atoms with Crippen molar-refractivity contribution in [3.05, 3.63) is 40.9 Å². The molecule has 0 aliphatic heterocycles. The van der Waals surface area contributed by atoms with E-state index in [9.17, 15) is 4.79 Å². The van der Waals surface area contributed by atoms with Gasteiger partial charge in [-0.05, 0) is 5.56 Å². The molecular formula is C15H19N3O2S. The van der Waals surface area contributed by atoms with Gasteiger partial charge in [-0.2, -0.15) is 0 Å². The van der Waals surface area contributed by atoms with Crippen LogP contribution >= 0.6 is 11.3 Å². The molecule has 1 heterocycles. The molecule has 2 aromatic rings. The quantitative estimate of drug-likeness (QED) is 0.761. The molecule has 3 N–H and O–H groups in total. The molecular weight excluding hydrogens is 286 g/mol. The van der Waals surface area contributed by atoms with Crippen LogP contribution in [0.5, 0.6) is 0 Å². The monoisotopic (exact) mass is 305 g/mol. The Balaban J connectivity index is 2.03. The van der Waals surface area contributed by atoms with Crippen molar-refractivity contribution in [1.29, 1.82) is 0 Å². The van der Waals surface area contributed by atoms with Crippen molar-refractivity contribution in [2.24, 2.45) is 5.73 Å². The van der Waals surface area contributed by atoms with Crippen LogP contribution in [0.15, 0.2) is 29.6 Å². The van der Waals surface area contributed by atoms with Gasteiger partial charge in [-0.3, -0.25) is 4.79 Å². The number of carbonyl (C=O) groups is 1. The first-order valence-electron chi connectivity index (χ1n) is 6.73. The fraction of sp³-hybridized carbons (Fsp3) is 0.333. The first-order chi connectivity index (χ1) is 10.2. The van der Waals surface area contributed by atoms with Gasteiger partial charge in [0.05, 0.1) is 18.7 Å². The number of rotatable bonds is 7. The molecule has 0 spiro atoms. The summed E-state index contributed by atoms with van der Waals surface area (Å²) >= 11 is 1.53. The van der Waals surface area contributed by atoms with Gasteiger partial charge in [0.2, 0.25) is 5.91 Å². The van der Waals surface area contributed by atoms with E-state index >= 15 is 0 Å². The van der Waals surface area contributed by atoms with Crippen LogP contribution in [-0.4, -0.2) is 31.2 Å². The zero-order chi connectivity index (χ0) is 15.1. The molecule has 0 atom stereocenters. The van der Waals surface area contributed by atoms with Crippen LogP contribution in [0.25, 0.3) is 10.6 Å². The minimum atomic E-state index is -0.0454. The summed E-state index contributed by atoms with van der Waals surface area (Å²) in [5.74, 6) is -0.0454. The Morgan fingerprint density at radius 3 is 3.00 bits per heavy atom. The van der Waals surface area contributed by atoms with Crippen molar-refractivity contribution < 1.29 is 9.53 Å². The maximum Gasteiger partial charge on any atom is 0.226 e. The average Bonchev–Trinajstić information content (AvgIpc) is 2.95. The number of hydrogen-bond acceptors (Lipinski definition) is 5. The Kier molecular flexibility index (Phi) is 5.86. The van der Waals surface area contributed by atoms with Crippen LogP contribution in [0.4, 0.5) is 0 Å². The van der Waals surface area contributed by atoms with Crippen LogP contribution in [0, 0.1) is 0 Å². The van der Waals surface area contributed by atoms with E-state index in [-0.39, 0.29) is 12.3 Å². The Hall–Kier alpha value is -1.76. The van der Waals surface area contributed by atoms with Crippen LogP contribution in [-0.2, 0) is 22.5 Å². The smallest absolute Gasteiger partial charge is 0.226 e. The molecule has 0 bridgehead atoms. The highest BCUT2D eigenvalue weighted by molar-refractivity contribution is 7.13. The van der Waals surface area contributed by atoms with Crippen molar-refractivity contribution in [3.8, 4) is 10.6 Å². The van der Waals surface area contributed by atoms with Crippen LogP contribution < -0.4 is 11.1 Å². The number of ether oxygens (including phenoxy) is 1. The lowest BCUT2D eigenvalue weighted by atomic mass is 10.1. The molecule has 2 rings (SSSR count). The van der Waals surface area contributed by atoms with E-state index in [4.69, 9.17) is 10.5 Å². The molecule has 5 nitrogen and oxygen atoms in total. The number of nitrogens with two attached hydrogens (primary N) is 1. The number of thiazole rings is 1. The molecule has 1 aromatic carbocycles. The second kappa shape index (κ2) is 7.87. The van der Waals surface area contributed by atoms with Gasteiger partial charge in [0.15, 0.2) is 0 Å². The van der Waals surface area contributed by atoms with Crippen molar-refractivity contribution in [2.75, 3.05) is 20.3 Å². The fourth-order valence-corrected chi connectivity index (χ4v) is 2.82. The number of nitrogens with one attached hydrogen (secondary N) is 1. The molecule has 0 aliphatic rings. The molecule has 6 heteroatoms. The standard InChI is InChI=1S/C15H19N3O2S/c1-20-7-6-17-14(19)8-12-10-21-15(18-12)13-5-3-2-4-11(13)9-16/h2-5,10H,6-9,16H2,1H3,(H,17,19). The van der Waals surface area contributed by atoms with Crippen molar-refractivity contribution in [2.45, 2.75) is 13.0 Å². The van der Waals surface area contributed by atoms with Gasteiger partial charge in [0.25, 0.3) is 0 Å². The Labute approximate surface area is 128 Å². The van der Waals surface area contributed by atoms with Gasteiger partial charge in [0.1, 0.15) is 5.01 Å². The summed E-state index contributed by atoms with van der Waals surface area (Å²) in [7, 11) is 1.60. The summed E-state index contributed by atoms with van der Waals surface area (Å²) in [6, 6.07) is 7.92. The van der Waals surface area contributed by atoms with Crippen LogP contribution in [0.2, 0.25) is 0 Å². The summed E-state index contributed by atoms with van der Waals surface area (Å²) in [5.41, 5.74) is 8.62. The summed E-state index contributed by atoms with van der Waals surface area (Å²) in [6.07, 6.45) is 0.283. The summed E-state index contributed by atoms with van der Waals surface area (Å²) in [5, 5.41) is 5.60. The maximum absolute atomic E-state index is 11.7. The first kappa shape index (κ1) is 15.6. The van der Waals surface area contributed by atoms with Crippen molar-refractivity contribution in [1.82, 2.24) is 10.3 Å². The number of hydrogen-bond donors (Lipinski definition) is 2. The minimum Gasteiger partial charge on any atom is -0.383 e. The number of benzene rings is 1. The summed E-state index contributed by atoms with van der Waals surface area (Å²) in [6.45, 7) is 1.50. The van der Waals surface area contributed by atoms with Gasteiger partial charge < -0.3 is 15.8 Å². The third-order valence-corrected chi connectivity index (χ3v) is 3.91. The summed E-state index contributed by atoms with van der Waals surface area (Å²) < 4.78 is 4.89. The topological polar surface area (TPSA) is 77.2 Å². The molecule has 0 radical (unpaired) electrons. The first-order valence-corrected chi connectivity index (χ1v) is 7.61. The van der Waals surface area contributed by atoms with E-state index in [2.05, 4.69) is 10.3 Å². The van der Waals surface area contributed by atoms with E-state index in [1.165, 1.54) is 11.3 Å². The number of carbonyl (C=O) groups excluding carboxylic acids is 1. The zero-order valence-electron chi connectivity index (χ0n) is 12.0. The Morgan fingerprint density at radius 1 is 1.43 bits per heavy atom. The second-order valence-corrected chi connectivity index (χ2v) is 5.38. The van der Waals surface area contributed by atoms with E-state index in [1.54, 1.807) is 7.11 Å². The van der Waals surface area contributed by atoms with E-state index < -0.39 is 0 Å². The SMILES string of the molecule is COCCNC(=O)Cc1csc(-c2ccccc2CN)n1. The Bertz CT molecular complexity index is 598. The predicted octanol–water partition coefficient (Wildman–Crippen LogP) is 1.57. The number of nitrogens with zero attached hydrogens (tertiary/aromatic N) is 1. The van der Waals surface area contributed by atoms with E-state index in [0.29, 0.717) is 19.7 Å². The van der Waals surface area contributed by atoms with Crippen molar-refractivity contribution >= 4 is 17.2 Å². The third kappa shape index (κ3) is 4.35. The van der Waals surface area contributed by atoms with Gasteiger partial charge >= 0.3 is 0 Å². The zero-order valence-corrected chi connectivity index (χ0v) is 12.8. The lowest BCUT2D eigenvalue weighted by molar-refractivity contribution is -0.120. The number of amides is 1. The molecule has 0 saturated heterocycles. The highest BCUT2D eigenvalue weighted by Crippen LogP contribution is 2.27. The third-order valence-electron chi connectivity index (χ3n) is 2.99. The Morgan fingerprint density at radius 2 is 2.24 bits per heavy atom. The van der Waals surface area contributed by atoms with Gasteiger partial charge in [-0.1, -0.05) is 24.3 Å². The molecule has 0 saturated carbocycles. The average molecular weight is 305 g/mol. The van der Waals surface area contributed by atoms with Crippen molar-refractivity contribution in [3.63, 3.8) is 0 Å². The molecule has 1 amide bonds. The lowest BCUT2D eigenvalue weighted by Crippen LogP contribution is -2.28. The molecule has 1 aromatic heterocycles. The number of methoxy groups -OCH3 is 1. The molecule has 0 fully saturated rings. The highest BCUT2D eigenvalue weighted by Gasteiger charge is 2.10. The van der Waals surface area contributed by atoms with Crippen LogP contribution in [0.1, 0.15) is 11.3 Å². The second-order valence-electron chi connectivity index (χ2n) is 4.52. The maximum atomic E-state index is 11.7. The highest BCUT2D eigenvalue weighted by atomic mass is 32.1. The van der Waals surface area contributed by atoms with E-state index in [1.807, 2.05) is 29.6 Å².